The molecule has 1 aliphatic rings. The Hall–Kier alpha value is -2.78. The van der Waals surface area contributed by atoms with Crippen molar-refractivity contribution in [1.82, 2.24) is 0 Å². The molecule has 1 heterocycles. The van der Waals surface area contributed by atoms with E-state index < -0.39 is 0 Å². The maximum atomic E-state index is 12.4. The summed E-state index contributed by atoms with van der Waals surface area (Å²) in [5.41, 5.74) is 5.33. The fourth-order valence-corrected chi connectivity index (χ4v) is 3.62. The number of hydrogen-bond acceptors (Lipinski definition) is 2. The maximum absolute atomic E-state index is 12.4. The Balaban J connectivity index is 1.43. The van der Waals surface area contributed by atoms with Gasteiger partial charge in [0, 0.05) is 35.1 Å². The molecule has 4 heteroatoms. The molecular weight excluding hydrogens is 356 g/mol. The lowest BCUT2D eigenvalue weighted by Gasteiger charge is -2.31. The van der Waals surface area contributed by atoms with Gasteiger partial charge < -0.3 is 10.2 Å². The average molecular weight is 377 g/mol. The Morgan fingerprint density at radius 3 is 2.48 bits per heavy atom. The van der Waals surface area contributed by atoms with Crippen LogP contribution in [0.1, 0.15) is 27.9 Å². The van der Waals surface area contributed by atoms with E-state index in [0.29, 0.717) is 10.6 Å². The summed E-state index contributed by atoms with van der Waals surface area (Å²) in [5.74, 6) is -0.118. The molecule has 0 saturated carbocycles. The summed E-state index contributed by atoms with van der Waals surface area (Å²) in [4.78, 5) is 14.8. The zero-order valence-corrected chi connectivity index (χ0v) is 15.7. The molecule has 136 valence electrons. The number of rotatable bonds is 4. The monoisotopic (exact) mass is 376 g/mol. The van der Waals surface area contributed by atoms with E-state index in [9.17, 15) is 4.79 Å². The number of aryl methyl sites for hydroxylation is 1. The van der Waals surface area contributed by atoms with E-state index in [-0.39, 0.29) is 5.91 Å². The fourth-order valence-electron chi connectivity index (χ4n) is 3.49. The number of fused-ring (bicyclic) bond motifs is 1. The van der Waals surface area contributed by atoms with Gasteiger partial charge in [0.25, 0.3) is 5.91 Å². The second-order valence-electron chi connectivity index (χ2n) is 6.81. The van der Waals surface area contributed by atoms with Gasteiger partial charge in [-0.3, -0.25) is 4.79 Å². The van der Waals surface area contributed by atoms with E-state index in [1.165, 1.54) is 23.2 Å². The van der Waals surface area contributed by atoms with E-state index in [1.54, 1.807) is 24.3 Å². The third kappa shape index (κ3) is 4.15. The standard InChI is InChI=1S/C23H21ClN2O/c24-20-11-13-21(14-12-20)25-23(27)19-9-7-17(8-10-19)16-26-15-3-5-18-4-1-2-6-22(18)26/h1-2,4,6-14H,3,5,15-16H2,(H,25,27). The van der Waals surface area contributed by atoms with Crippen molar-refractivity contribution in [2.75, 3.05) is 16.8 Å². The van der Waals surface area contributed by atoms with Crippen molar-refractivity contribution in [3.8, 4) is 0 Å². The lowest BCUT2D eigenvalue weighted by molar-refractivity contribution is 0.102. The molecule has 0 aliphatic carbocycles. The van der Waals surface area contributed by atoms with Crippen LogP contribution in [-0.2, 0) is 13.0 Å². The summed E-state index contributed by atoms with van der Waals surface area (Å²) in [6, 6.07) is 23.6. The van der Waals surface area contributed by atoms with Gasteiger partial charge in [0.2, 0.25) is 0 Å². The molecule has 0 unspecified atom stereocenters. The van der Waals surface area contributed by atoms with Crippen LogP contribution in [0.3, 0.4) is 0 Å². The van der Waals surface area contributed by atoms with Gasteiger partial charge in [-0.2, -0.15) is 0 Å². The number of anilines is 2. The normalized spacial score (nSPS) is 13.1. The van der Waals surface area contributed by atoms with E-state index in [4.69, 9.17) is 11.6 Å². The topological polar surface area (TPSA) is 32.3 Å². The lowest BCUT2D eigenvalue weighted by atomic mass is 10.0. The Kier molecular flexibility index (Phi) is 5.12. The first-order valence-corrected chi connectivity index (χ1v) is 9.55. The Morgan fingerprint density at radius 1 is 0.963 bits per heavy atom. The smallest absolute Gasteiger partial charge is 0.255 e. The number of para-hydroxylation sites is 1. The minimum atomic E-state index is -0.118. The van der Waals surface area contributed by atoms with Crippen LogP contribution in [-0.4, -0.2) is 12.5 Å². The SMILES string of the molecule is O=C(Nc1ccc(Cl)cc1)c1ccc(CN2CCCc3ccccc32)cc1. The van der Waals surface area contributed by atoms with E-state index >= 15 is 0 Å². The second-order valence-corrected chi connectivity index (χ2v) is 7.25. The van der Waals surface area contributed by atoms with Crippen LogP contribution < -0.4 is 10.2 Å². The zero-order valence-electron chi connectivity index (χ0n) is 15.0. The third-order valence-corrected chi connectivity index (χ3v) is 5.15. The molecule has 3 nitrogen and oxygen atoms in total. The highest BCUT2D eigenvalue weighted by Gasteiger charge is 2.16. The van der Waals surface area contributed by atoms with Crippen molar-refractivity contribution in [2.45, 2.75) is 19.4 Å². The Bertz CT molecular complexity index is 935. The lowest BCUT2D eigenvalue weighted by Crippen LogP contribution is -2.28. The Morgan fingerprint density at radius 2 is 1.70 bits per heavy atom. The van der Waals surface area contributed by atoms with E-state index in [1.807, 2.05) is 24.3 Å². The summed E-state index contributed by atoms with van der Waals surface area (Å²) < 4.78 is 0. The number of benzene rings is 3. The highest BCUT2D eigenvalue weighted by atomic mass is 35.5. The molecule has 0 bridgehead atoms. The van der Waals surface area contributed by atoms with Crippen LogP contribution in [0.4, 0.5) is 11.4 Å². The van der Waals surface area contributed by atoms with Gasteiger partial charge in [-0.25, -0.2) is 0 Å². The number of carbonyl (C=O) groups excluding carboxylic acids is 1. The zero-order chi connectivity index (χ0) is 18.6. The molecule has 3 aromatic carbocycles. The number of nitrogens with zero attached hydrogens (tertiary/aromatic N) is 1. The summed E-state index contributed by atoms with van der Waals surface area (Å²) in [7, 11) is 0. The molecule has 0 fully saturated rings. The number of amides is 1. The minimum Gasteiger partial charge on any atom is -0.367 e. The third-order valence-electron chi connectivity index (χ3n) is 4.90. The van der Waals surface area contributed by atoms with Gasteiger partial charge in [0.1, 0.15) is 0 Å². The molecule has 0 saturated heterocycles. The van der Waals surface area contributed by atoms with Gasteiger partial charge in [-0.1, -0.05) is 41.9 Å². The summed E-state index contributed by atoms with van der Waals surface area (Å²) >= 11 is 5.88. The number of halogens is 1. The van der Waals surface area contributed by atoms with Crippen LogP contribution in [0.2, 0.25) is 5.02 Å². The molecule has 0 atom stereocenters. The van der Waals surface area contributed by atoms with Gasteiger partial charge in [0.05, 0.1) is 0 Å². The quantitative estimate of drug-likeness (QED) is 0.647. The molecule has 1 N–H and O–H groups in total. The van der Waals surface area contributed by atoms with Crippen LogP contribution >= 0.6 is 11.6 Å². The minimum absolute atomic E-state index is 0.118. The van der Waals surface area contributed by atoms with Crippen LogP contribution in [0.15, 0.2) is 72.8 Å². The van der Waals surface area contributed by atoms with Crippen molar-refractivity contribution in [3.63, 3.8) is 0 Å². The molecule has 0 radical (unpaired) electrons. The number of nitrogens with one attached hydrogen (secondary N) is 1. The van der Waals surface area contributed by atoms with Crippen molar-refractivity contribution in [1.29, 1.82) is 0 Å². The van der Waals surface area contributed by atoms with Crippen molar-refractivity contribution in [3.05, 3.63) is 94.5 Å². The van der Waals surface area contributed by atoms with Crippen LogP contribution in [0.5, 0.6) is 0 Å². The first-order valence-electron chi connectivity index (χ1n) is 9.18. The first kappa shape index (κ1) is 17.6. The second kappa shape index (κ2) is 7.85. The van der Waals surface area contributed by atoms with Crippen molar-refractivity contribution >= 4 is 28.9 Å². The Labute approximate surface area is 164 Å². The van der Waals surface area contributed by atoms with Gasteiger partial charge in [-0.05, 0) is 66.4 Å². The maximum Gasteiger partial charge on any atom is 0.255 e. The molecular formula is C23H21ClN2O. The molecule has 3 aromatic rings. The number of carbonyl (C=O) groups is 1. The van der Waals surface area contributed by atoms with Crippen LogP contribution in [0, 0.1) is 0 Å². The molecule has 0 spiro atoms. The van der Waals surface area contributed by atoms with Crippen molar-refractivity contribution < 1.29 is 4.79 Å². The molecule has 27 heavy (non-hydrogen) atoms. The molecule has 4 rings (SSSR count). The predicted molar refractivity (Wildman–Crippen MR) is 112 cm³/mol. The van der Waals surface area contributed by atoms with Gasteiger partial charge in [-0.15, -0.1) is 0 Å². The molecule has 1 amide bonds. The largest absolute Gasteiger partial charge is 0.367 e. The summed E-state index contributed by atoms with van der Waals surface area (Å²) in [6.45, 7) is 1.92. The fraction of sp³-hybridized carbons (Fsp3) is 0.174. The van der Waals surface area contributed by atoms with Crippen LogP contribution in [0.25, 0.3) is 0 Å². The average Bonchev–Trinajstić information content (AvgIpc) is 2.70. The van der Waals surface area contributed by atoms with Crippen molar-refractivity contribution in [2.24, 2.45) is 0 Å². The first-order chi connectivity index (χ1) is 13.2. The summed E-state index contributed by atoms with van der Waals surface area (Å²) in [6.07, 6.45) is 2.33. The van der Waals surface area contributed by atoms with Gasteiger partial charge in [0.15, 0.2) is 0 Å². The predicted octanol–water partition coefficient (Wildman–Crippen LogP) is 5.55. The van der Waals surface area contributed by atoms with E-state index in [0.717, 1.165) is 25.2 Å². The highest BCUT2D eigenvalue weighted by molar-refractivity contribution is 6.30. The molecule has 1 aliphatic heterocycles. The molecule has 0 aromatic heterocycles. The van der Waals surface area contributed by atoms with E-state index in [2.05, 4.69) is 34.5 Å². The number of hydrogen-bond donors (Lipinski definition) is 1. The van der Waals surface area contributed by atoms with Gasteiger partial charge >= 0.3 is 0 Å². The summed E-state index contributed by atoms with van der Waals surface area (Å²) in [5, 5.41) is 3.54. The highest BCUT2D eigenvalue weighted by Crippen LogP contribution is 2.28.